The first-order valence-corrected chi connectivity index (χ1v) is 8.91. The Balaban J connectivity index is 1.47. The van der Waals surface area contributed by atoms with Crippen LogP contribution in [0.5, 0.6) is 0 Å². The van der Waals surface area contributed by atoms with Gasteiger partial charge in [-0.25, -0.2) is 0 Å². The van der Waals surface area contributed by atoms with Gasteiger partial charge in [0.2, 0.25) is 0 Å². The van der Waals surface area contributed by atoms with E-state index in [4.69, 9.17) is 16.1 Å². The summed E-state index contributed by atoms with van der Waals surface area (Å²) in [5.41, 5.74) is 1.88. The van der Waals surface area contributed by atoms with E-state index in [1.165, 1.54) is 0 Å². The van der Waals surface area contributed by atoms with Gasteiger partial charge >= 0.3 is 0 Å². The Morgan fingerprint density at radius 2 is 1.85 bits per heavy atom. The zero-order chi connectivity index (χ0) is 18.8. The highest BCUT2D eigenvalue weighted by Gasteiger charge is 2.24. The molecule has 0 atom stereocenters. The molecule has 1 heterocycles. The highest BCUT2D eigenvalue weighted by molar-refractivity contribution is 6.30. The van der Waals surface area contributed by atoms with Gasteiger partial charge in [-0.1, -0.05) is 35.0 Å². The average Bonchev–Trinajstić information content (AvgIpc) is 3.33. The van der Waals surface area contributed by atoms with E-state index in [-0.39, 0.29) is 17.6 Å². The predicted octanol–water partition coefficient (Wildman–Crippen LogP) is 4.14. The summed E-state index contributed by atoms with van der Waals surface area (Å²) in [6, 6.07) is 15.7. The van der Waals surface area contributed by atoms with Gasteiger partial charge in [0, 0.05) is 33.9 Å². The van der Waals surface area contributed by atoms with Crippen molar-refractivity contribution in [2.45, 2.75) is 18.9 Å². The van der Waals surface area contributed by atoms with Crippen molar-refractivity contribution >= 4 is 29.1 Å². The number of rotatable bonds is 5. The van der Waals surface area contributed by atoms with E-state index in [1.54, 1.807) is 48.5 Å². The lowest BCUT2D eigenvalue weighted by Crippen LogP contribution is -2.25. The van der Waals surface area contributed by atoms with Crippen LogP contribution in [0.15, 0.2) is 59.1 Å². The third-order valence-electron chi connectivity index (χ3n) is 4.15. The molecule has 0 radical (unpaired) electrons. The van der Waals surface area contributed by atoms with Crippen molar-refractivity contribution in [2.24, 2.45) is 0 Å². The lowest BCUT2D eigenvalue weighted by molar-refractivity contribution is 0.0949. The van der Waals surface area contributed by atoms with Crippen LogP contribution in [-0.4, -0.2) is 23.0 Å². The summed E-state index contributed by atoms with van der Waals surface area (Å²) in [6.45, 7) is 0. The predicted molar refractivity (Wildman–Crippen MR) is 102 cm³/mol. The van der Waals surface area contributed by atoms with Gasteiger partial charge in [0.1, 0.15) is 0 Å². The number of nitrogens with one attached hydrogen (secondary N) is 2. The molecule has 3 aromatic rings. The van der Waals surface area contributed by atoms with E-state index in [0.717, 1.165) is 18.4 Å². The standard InChI is InChI=1S/C20H16ClN3O3/c21-14-5-1-3-12(9-14)18-11-17(24-27-18)20(26)23-16-6-2-4-13(10-16)19(25)22-15-7-8-15/h1-6,9-11,15H,7-8H2,(H,22,25)(H,23,26). The number of hydrogen-bond donors (Lipinski definition) is 2. The summed E-state index contributed by atoms with van der Waals surface area (Å²) in [5, 5.41) is 10.0. The van der Waals surface area contributed by atoms with Crippen molar-refractivity contribution in [2.75, 3.05) is 5.32 Å². The molecule has 0 unspecified atom stereocenters. The maximum Gasteiger partial charge on any atom is 0.277 e. The lowest BCUT2D eigenvalue weighted by atomic mass is 10.1. The van der Waals surface area contributed by atoms with Crippen LogP contribution >= 0.6 is 11.6 Å². The quantitative estimate of drug-likeness (QED) is 0.695. The van der Waals surface area contributed by atoms with Gasteiger partial charge in [0.05, 0.1) is 0 Å². The van der Waals surface area contributed by atoms with Crippen LogP contribution < -0.4 is 10.6 Å². The smallest absolute Gasteiger partial charge is 0.277 e. The average molecular weight is 382 g/mol. The third kappa shape index (κ3) is 4.17. The Kier molecular flexibility index (Phi) is 4.64. The van der Waals surface area contributed by atoms with Crippen LogP contribution in [0.1, 0.15) is 33.7 Å². The fourth-order valence-corrected chi connectivity index (χ4v) is 2.78. The van der Waals surface area contributed by atoms with Crippen LogP contribution in [0, 0.1) is 0 Å². The number of nitrogens with zero attached hydrogens (tertiary/aromatic N) is 1. The molecule has 1 aliphatic carbocycles. The van der Waals surface area contributed by atoms with Crippen molar-refractivity contribution in [3.05, 3.63) is 70.9 Å². The van der Waals surface area contributed by atoms with Gasteiger partial charge < -0.3 is 15.2 Å². The number of carbonyl (C=O) groups excluding carboxylic acids is 2. The number of aromatic nitrogens is 1. The summed E-state index contributed by atoms with van der Waals surface area (Å²) < 4.78 is 5.24. The molecule has 2 amide bonds. The van der Waals surface area contributed by atoms with Crippen LogP contribution in [0.4, 0.5) is 5.69 Å². The zero-order valence-corrected chi connectivity index (χ0v) is 15.0. The van der Waals surface area contributed by atoms with Crippen LogP contribution in [0.25, 0.3) is 11.3 Å². The first-order valence-electron chi connectivity index (χ1n) is 8.53. The van der Waals surface area contributed by atoms with Crippen molar-refractivity contribution in [1.29, 1.82) is 0 Å². The topological polar surface area (TPSA) is 84.2 Å². The number of halogens is 1. The minimum absolute atomic E-state index is 0.137. The summed E-state index contributed by atoms with van der Waals surface area (Å²) in [6.07, 6.45) is 2.03. The highest BCUT2D eigenvalue weighted by Crippen LogP contribution is 2.24. The van der Waals surface area contributed by atoms with Crippen molar-refractivity contribution < 1.29 is 14.1 Å². The van der Waals surface area contributed by atoms with Crippen molar-refractivity contribution in [3.63, 3.8) is 0 Å². The van der Waals surface area contributed by atoms with Gasteiger partial charge in [-0.2, -0.15) is 0 Å². The largest absolute Gasteiger partial charge is 0.355 e. The van der Waals surface area contributed by atoms with Gasteiger partial charge in [-0.15, -0.1) is 0 Å². The first kappa shape index (κ1) is 17.3. The van der Waals surface area contributed by atoms with Crippen LogP contribution in [0.2, 0.25) is 5.02 Å². The number of carbonyl (C=O) groups is 2. The van der Waals surface area contributed by atoms with Gasteiger partial charge in [-0.3, -0.25) is 9.59 Å². The fraction of sp³-hybridized carbons (Fsp3) is 0.150. The molecular weight excluding hydrogens is 366 g/mol. The van der Waals surface area contributed by atoms with Gasteiger partial charge in [0.15, 0.2) is 11.5 Å². The Morgan fingerprint density at radius 3 is 2.63 bits per heavy atom. The first-order chi connectivity index (χ1) is 13.1. The molecule has 6 nitrogen and oxygen atoms in total. The Morgan fingerprint density at radius 1 is 1.04 bits per heavy atom. The molecule has 2 aromatic carbocycles. The molecule has 136 valence electrons. The summed E-state index contributed by atoms with van der Waals surface area (Å²) >= 11 is 5.97. The van der Waals surface area contributed by atoms with Crippen molar-refractivity contribution in [1.82, 2.24) is 10.5 Å². The molecule has 1 aliphatic rings. The lowest BCUT2D eigenvalue weighted by Gasteiger charge is -2.06. The minimum atomic E-state index is -0.424. The maximum atomic E-state index is 12.4. The van der Waals surface area contributed by atoms with E-state index < -0.39 is 5.91 Å². The van der Waals surface area contributed by atoms with E-state index in [2.05, 4.69) is 15.8 Å². The van der Waals surface area contributed by atoms with E-state index in [0.29, 0.717) is 22.0 Å². The second kappa shape index (κ2) is 7.25. The number of hydrogen-bond acceptors (Lipinski definition) is 4. The second-order valence-electron chi connectivity index (χ2n) is 6.37. The Bertz CT molecular complexity index is 1010. The minimum Gasteiger partial charge on any atom is -0.355 e. The molecule has 0 spiro atoms. The third-order valence-corrected chi connectivity index (χ3v) is 4.38. The van der Waals surface area contributed by atoms with E-state index in [9.17, 15) is 9.59 Å². The number of amides is 2. The summed E-state index contributed by atoms with van der Waals surface area (Å²) in [5.74, 6) is -0.120. The summed E-state index contributed by atoms with van der Waals surface area (Å²) in [7, 11) is 0. The molecule has 0 aliphatic heterocycles. The molecule has 0 bridgehead atoms. The Hall–Kier alpha value is -3.12. The van der Waals surface area contributed by atoms with Crippen LogP contribution in [0.3, 0.4) is 0 Å². The van der Waals surface area contributed by atoms with Gasteiger partial charge in [0.25, 0.3) is 11.8 Å². The number of benzene rings is 2. The molecule has 27 heavy (non-hydrogen) atoms. The molecular formula is C20H16ClN3O3. The Labute approximate surface area is 160 Å². The monoisotopic (exact) mass is 381 g/mol. The molecule has 4 rings (SSSR count). The number of anilines is 1. The maximum absolute atomic E-state index is 12.4. The zero-order valence-electron chi connectivity index (χ0n) is 14.2. The SMILES string of the molecule is O=C(NC1CC1)c1cccc(NC(=O)c2cc(-c3cccc(Cl)c3)on2)c1. The molecule has 7 heteroatoms. The van der Waals surface area contributed by atoms with Crippen LogP contribution in [-0.2, 0) is 0 Å². The molecule has 2 N–H and O–H groups in total. The van der Waals surface area contributed by atoms with Crippen molar-refractivity contribution in [3.8, 4) is 11.3 Å². The van der Waals surface area contributed by atoms with Gasteiger partial charge in [-0.05, 0) is 43.2 Å². The molecule has 1 aromatic heterocycles. The second-order valence-corrected chi connectivity index (χ2v) is 6.81. The molecule has 0 saturated heterocycles. The normalized spacial score (nSPS) is 13.2. The molecule has 1 saturated carbocycles. The van der Waals surface area contributed by atoms with E-state index in [1.807, 2.05) is 6.07 Å². The summed E-state index contributed by atoms with van der Waals surface area (Å²) in [4.78, 5) is 24.6. The fourth-order valence-electron chi connectivity index (χ4n) is 2.59. The molecule has 1 fully saturated rings. The highest BCUT2D eigenvalue weighted by atomic mass is 35.5. The van der Waals surface area contributed by atoms with E-state index >= 15 is 0 Å².